The van der Waals surface area contributed by atoms with Gasteiger partial charge in [-0.1, -0.05) is 25.2 Å². The number of thiazole rings is 1. The number of aromatic nitrogens is 1. The van der Waals surface area contributed by atoms with Gasteiger partial charge in [-0.3, -0.25) is 14.4 Å². The van der Waals surface area contributed by atoms with Crippen LogP contribution in [0.5, 0.6) is 0 Å². The Balaban J connectivity index is 1.87. The summed E-state index contributed by atoms with van der Waals surface area (Å²) < 4.78 is 0. The normalized spacial score (nSPS) is 26.3. The number of carbonyl (C=O) groups is 2. The van der Waals surface area contributed by atoms with E-state index >= 15 is 0 Å². The molecule has 0 radical (unpaired) electrons. The van der Waals surface area contributed by atoms with E-state index in [4.69, 9.17) is 0 Å². The lowest BCUT2D eigenvalue weighted by molar-refractivity contribution is -0.152. The van der Waals surface area contributed by atoms with Crippen LogP contribution >= 0.6 is 11.3 Å². The smallest absolute Gasteiger partial charge is 0.304 e. The summed E-state index contributed by atoms with van der Waals surface area (Å²) in [6, 6.07) is -0.867. The Morgan fingerprint density at radius 3 is 2.57 bits per heavy atom. The molecule has 0 bridgehead atoms. The fourth-order valence-electron chi connectivity index (χ4n) is 2.92. The van der Waals surface area contributed by atoms with Gasteiger partial charge in [0.2, 0.25) is 11.8 Å². The standard InChI is InChI=1S/C14H19N3O3S/c1-7(2)11-12(18)16-10(8-3-4-8)13(19)17(11)5-9-6-21-14(20)15-9/h6-8,10-11H,3-5H2,1-2H3,(H,15,20)(H,16,18). The molecule has 21 heavy (non-hydrogen) atoms. The molecule has 0 spiro atoms. The van der Waals surface area contributed by atoms with E-state index in [1.54, 1.807) is 10.3 Å². The molecule has 2 amide bonds. The minimum atomic E-state index is -0.476. The Morgan fingerprint density at radius 1 is 1.33 bits per heavy atom. The maximum Gasteiger partial charge on any atom is 0.304 e. The van der Waals surface area contributed by atoms with Crippen molar-refractivity contribution in [3.05, 3.63) is 20.7 Å². The van der Waals surface area contributed by atoms with Gasteiger partial charge in [-0.2, -0.15) is 0 Å². The highest BCUT2D eigenvalue weighted by atomic mass is 32.1. The maximum absolute atomic E-state index is 12.7. The van der Waals surface area contributed by atoms with Crippen molar-refractivity contribution in [2.24, 2.45) is 11.8 Å². The number of nitrogens with zero attached hydrogens (tertiary/aromatic N) is 1. The second-order valence-electron chi connectivity index (χ2n) is 6.15. The summed E-state index contributed by atoms with van der Waals surface area (Å²) in [5.41, 5.74) is 0.688. The van der Waals surface area contributed by atoms with E-state index in [0.717, 1.165) is 24.2 Å². The van der Waals surface area contributed by atoms with Gasteiger partial charge >= 0.3 is 4.87 Å². The Labute approximate surface area is 126 Å². The number of amides is 2. The fourth-order valence-corrected chi connectivity index (χ4v) is 3.49. The predicted octanol–water partition coefficient (Wildman–Crippen LogP) is 0.698. The van der Waals surface area contributed by atoms with E-state index in [0.29, 0.717) is 5.69 Å². The predicted molar refractivity (Wildman–Crippen MR) is 78.8 cm³/mol. The average molecular weight is 309 g/mol. The van der Waals surface area contributed by atoms with Crippen LogP contribution in [0.2, 0.25) is 0 Å². The van der Waals surface area contributed by atoms with E-state index in [9.17, 15) is 14.4 Å². The zero-order chi connectivity index (χ0) is 15.1. The van der Waals surface area contributed by atoms with Crippen molar-refractivity contribution in [3.63, 3.8) is 0 Å². The largest absolute Gasteiger partial charge is 0.342 e. The van der Waals surface area contributed by atoms with Crippen molar-refractivity contribution < 1.29 is 9.59 Å². The highest BCUT2D eigenvalue weighted by Gasteiger charge is 2.47. The molecule has 7 heteroatoms. The van der Waals surface area contributed by atoms with Crippen LogP contribution < -0.4 is 10.2 Å². The number of rotatable bonds is 4. The molecule has 1 aliphatic carbocycles. The first-order valence-corrected chi connectivity index (χ1v) is 8.13. The molecule has 2 atom stereocenters. The quantitative estimate of drug-likeness (QED) is 0.859. The van der Waals surface area contributed by atoms with Crippen LogP contribution in [0, 0.1) is 11.8 Å². The lowest BCUT2D eigenvalue weighted by atomic mass is 9.95. The second kappa shape index (κ2) is 5.29. The van der Waals surface area contributed by atoms with Crippen molar-refractivity contribution in [1.29, 1.82) is 0 Å². The van der Waals surface area contributed by atoms with Crippen LogP contribution in [0.25, 0.3) is 0 Å². The van der Waals surface area contributed by atoms with E-state index in [1.165, 1.54) is 0 Å². The number of nitrogens with one attached hydrogen (secondary N) is 2. The van der Waals surface area contributed by atoms with E-state index in [-0.39, 0.29) is 35.1 Å². The molecule has 114 valence electrons. The summed E-state index contributed by atoms with van der Waals surface area (Å²) in [4.78, 5) is 40.5. The van der Waals surface area contributed by atoms with Gasteiger partial charge in [0.1, 0.15) is 12.1 Å². The third-order valence-corrected chi connectivity index (χ3v) is 4.81. The van der Waals surface area contributed by atoms with Crippen LogP contribution in [0.3, 0.4) is 0 Å². The Kier molecular flexibility index (Phi) is 3.61. The maximum atomic E-state index is 12.7. The molecule has 3 rings (SSSR count). The van der Waals surface area contributed by atoms with E-state index in [1.807, 2.05) is 13.8 Å². The summed E-state index contributed by atoms with van der Waals surface area (Å²) in [6.07, 6.45) is 1.98. The topological polar surface area (TPSA) is 82.3 Å². The van der Waals surface area contributed by atoms with Gasteiger partial charge in [-0.05, 0) is 24.7 Å². The monoisotopic (exact) mass is 309 g/mol. The van der Waals surface area contributed by atoms with Crippen LogP contribution in [0.4, 0.5) is 0 Å². The van der Waals surface area contributed by atoms with Gasteiger partial charge in [-0.15, -0.1) is 0 Å². The van der Waals surface area contributed by atoms with Crippen LogP contribution in [0.15, 0.2) is 10.2 Å². The fraction of sp³-hybridized carbons (Fsp3) is 0.643. The Morgan fingerprint density at radius 2 is 2.05 bits per heavy atom. The first-order chi connectivity index (χ1) is 9.97. The number of hydrogen-bond donors (Lipinski definition) is 2. The molecule has 1 aromatic rings. The Bertz CT molecular complexity index is 617. The van der Waals surface area contributed by atoms with Gasteiger partial charge in [0.25, 0.3) is 0 Å². The van der Waals surface area contributed by atoms with E-state index < -0.39 is 12.1 Å². The lowest BCUT2D eigenvalue weighted by Gasteiger charge is -2.40. The molecule has 1 aliphatic heterocycles. The van der Waals surface area contributed by atoms with Gasteiger partial charge in [0, 0.05) is 11.1 Å². The average Bonchev–Trinajstić information content (AvgIpc) is 3.17. The number of piperazine rings is 1. The number of aromatic amines is 1. The minimum absolute atomic E-state index is 0.0251. The highest BCUT2D eigenvalue weighted by Crippen LogP contribution is 2.36. The van der Waals surface area contributed by atoms with Gasteiger partial charge in [0.05, 0.1) is 6.54 Å². The third kappa shape index (κ3) is 2.74. The zero-order valence-corrected chi connectivity index (χ0v) is 12.9. The molecule has 2 heterocycles. The van der Waals surface area contributed by atoms with Gasteiger partial charge < -0.3 is 15.2 Å². The van der Waals surface area contributed by atoms with Crippen LogP contribution in [-0.4, -0.2) is 33.8 Å². The minimum Gasteiger partial charge on any atom is -0.342 e. The molecule has 1 saturated heterocycles. The SMILES string of the molecule is CC(C)C1C(=O)NC(C2CC2)C(=O)N1Cc1csc(=O)[nH]1. The van der Waals surface area contributed by atoms with Gasteiger partial charge in [-0.25, -0.2) is 0 Å². The summed E-state index contributed by atoms with van der Waals surface area (Å²) in [5.74, 6) is 0.194. The molecule has 2 N–H and O–H groups in total. The molecule has 1 aromatic heterocycles. The number of carbonyl (C=O) groups excluding carboxylic acids is 2. The first-order valence-electron chi connectivity index (χ1n) is 7.25. The molecule has 2 fully saturated rings. The molecule has 1 saturated carbocycles. The molecule has 2 aliphatic rings. The number of H-pyrrole nitrogens is 1. The molecular weight excluding hydrogens is 290 g/mol. The lowest BCUT2D eigenvalue weighted by Crippen LogP contribution is -2.65. The second-order valence-corrected chi connectivity index (χ2v) is 6.99. The molecule has 2 unspecified atom stereocenters. The summed E-state index contributed by atoms with van der Waals surface area (Å²) >= 11 is 1.07. The number of hydrogen-bond acceptors (Lipinski definition) is 4. The van der Waals surface area contributed by atoms with Crippen LogP contribution in [-0.2, 0) is 16.1 Å². The van der Waals surface area contributed by atoms with Crippen molar-refractivity contribution in [2.45, 2.75) is 45.3 Å². The van der Waals surface area contributed by atoms with Crippen molar-refractivity contribution in [1.82, 2.24) is 15.2 Å². The summed E-state index contributed by atoms with van der Waals surface area (Å²) in [7, 11) is 0. The van der Waals surface area contributed by atoms with Gasteiger partial charge in [0.15, 0.2) is 0 Å². The highest BCUT2D eigenvalue weighted by molar-refractivity contribution is 7.07. The molecule has 6 nitrogen and oxygen atoms in total. The molecular formula is C14H19N3O3S. The van der Waals surface area contributed by atoms with Crippen LogP contribution in [0.1, 0.15) is 32.4 Å². The third-order valence-electron chi connectivity index (χ3n) is 4.09. The molecule has 0 aromatic carbocycles. The first kappa shape index (κ1) is 14.3. The summed E-state index contributed by atoms with van der Waals surface area (Å²) in [5, 5.41) is 4.59. The Hall–Kier alpha value is -1.63. The van der Waals surface area contributed by atoms with Crippen molar-refractivity contribution >= 4 is 23.2 Å². The zero-order valence-electron chi connectivity index (χ0n) is 12.1. The van der Waals surface area contributed by atoms with E-state index in [2.05, 4.69) is 10.3 Å². The summed E-state index contributed by atoms with van der Waals surface area (Å²) in [6.45, 7) is 4.15. The van der Waals surface area contributed by atoms with Crippen molar-refractivity contribution in [3.8, 4) is 0 Å². The van der Waals surface area contributed by atoms with Crippen molar-refractivity contribution in [2.75, 3.05) is 0 Å².